The van der Waals surface area contributed by atoms with Crippen molar-refractivity contribution in [3.63, 3.8) is 0 Å². The summed E-state index contributed by atoms with van der Waals surface area (Å²) >= 11 is 1.86. The first-order valence-corrected chi connectivity index (χ1v) is 23.7. The number of fused-ring (bicyclic) bond motifs is 7. The molecule has 67 heavy (non-hydrogen) atoms. The van der Waals surface area contributed by atoms with Crippen molar-refractivity contribution in [2.45, 2.75) is 0 Å². The molecule has 11 aromatic carbocycles. The van der Waals surface area contributed by atoms with Gasteiger partial charge >= 0.3 is 0 Å². The van der Waals surface area contributed by atoms with Crippen LogP contribution in [0.2, 0.25) is 0 Å². The summed E-state index contributed by atoms with van der Waals surface area (Å²) in [7, 11) is 0. The first-order valence-electron chi connectivity index (χ1n) is 22.9. The van der Waals surface area contributed by atoms with Gasteiger partial charge in [-0.25, -0.2) is 0 Å². The molecule has 2 heterocycles. The van der Waals surface area contributed by atoms with Crippen LogP contribution < -0.4 is 4.90 Å². The highest BCUT2D eigenvalue weighted by molar-refractivity contribution is 7.25. The Morgan fingerprint density at radius 3 is 1.55 bits per heavy atom. The van der Waals surface area contributed by atoms with E-state index in [2.05, 4.69) is 264 Å². The topological polar surface area (TPSA) is 8.17 Å². The van der Waals surface area contributed by atoms with Gasteiger partial charge in [-0.15, -0.1) is 11.3 Å². The number of para-hydroxylation sites is 2. The molecule has 3 heteroatoms. The molecule has 13 aromatic rings. The standard InChI is InChI=1S/C64H42N2S/c1-2-14-46(15-3-1)55-37-31-51(49-26-25-43-13-4-5-16-47(43)39-49)42-62(55)65(53-35-29-45(30-36-53)50-32-38-64-59(41-50)58-21-8-11-24-63(58)67-64)52-33-27-44(28-34-52)48-17-12-18-54(40-48)66-60-22-9-6-19-56(60)57-20-7-10-23-61(57)66/h1-42H. The van der Waals surface area contributed by atoms with Crippen LogP contribution in [0.4, 0.5) is 17.1 Å². The van der Waals surface area contributed by atoms with Gasteiger partial charge in [-0.1, -0.05) is 176 Å². The van der Waals surface area contributed by atoms with Crippen LogP contribution in [0.1, 0.15) is 0 Å². The highest BCUT2D eigenvalue weighted by Crippen LogP contribution is 2.45. The van der Waals surface area contributed by atoms with Crippen molar-refractivity contribution in [2.24, 2.45) is 0 Å². The Labute approximate surface area is 393 Å². The number of anilines is 3. The molecule has 2 nitrogen and oxygen atoms in total. The van der Waals surface area contributed by atoms with Crippen LogP contribution >= 0.6 is 11.3 Å². The molecular formula is C64H42N2S. The van der Waals surface area contributed by atoms with Crippen LogP contribution in [0.5, 0.6) is 0 Å². The maximum atomic E-state index is 2.44. The van der Waals surface area contributed by atoms with E-state index in [4.69, 9.17) is 0 Å². The second kappa shape index (κ2) is 16.2. The molecule has 0 aliphatic heterocycles. The van der Waals surface area contributed by atoms with Crippen molar-refractivity contribution in [3.05, 3.63) is 255 Å². The number of aromatic nitrogens is 1. The van der Waals surface area contributed by atoms with Crippen LogP contribution in [0, 0.1) is 0 Å². The van der Waals surface area contributed by atoms with Crippen LogP contribution in [0.15, 0.2) is 255 Å². The summed E-state index contributed by atoms with van der Waals surface area (Å²) in [6.45, 7) is 0. The van der Waals surface area contributed by atoms with Gasteiger partial charge < -0.3 is 9.47 Å². The van der Waals surface area contributed by atoms with Crippen molar-refractivity contribution >= 4 is 81.1 Å². The van der Waals surface area contributed by atoms with E-state index in [9.17, 15) is 0 Å². The van der Waals surface area contributed by atoms with Gasteiger partial charge in [0.15, 0.2) is 0 Å². The minimum Gasteiger partial charge on any atom is -0.310 e. The van der Waals surface area contributed by atoms with E-state index in [0.717, 1.165) is 39.4 Å². The fraction of sp³-hybridized carbons (Fsp3) is 0. The number of hydrogen-bond acceptors (Lipinski definition) is 2. The summed E-state index contributed by atoms with van der Waals surface area (Å²) < 4.78 is 5.03. The molecular weight excluding hydrogens is 829 g/mol. The summed E-state index contributed by atoms with van der Waals surface area (Å²) in [5.41, 5.74) is 16.2. The highest BCUT2D eigenvalue weighted by Gasteiger charge is 2.20. The van der Waals surface area contributed by atoms with Crippen LogP contribution in [0.25, 0.3) is 103 Å². The molecule has 0 atom stereocenters. The Bertz CT molecular complexity index is 3920. The summed E-state index contributed by atoms with van der Waals surface area (Å²) in [6.07, 6.45) is 0. The maximum Gasteiger partial charge on any atom is 0.0546 e. The van der Waals surface area contributed by atoms with Gasteiger partial charge in [0.25, 0.3) is 0 Å². The van der Waals surface area contributed by atoms with E-state index in [-0.39, 0.29) is 0 Å². The van der Waals surface area contributed by atoms with Crippen LogP contribution in [-0.4, -0.2) is 4.57 Å². The molecule has 0 fully saturated rings. The molecule has 2 aromatic heterocycles. The number of hydrogen-bond donors (Lipinski definition) is 0. The third-order valence-electron chi connectivity index (χ3n) is 13.4. The molecule has 0 saturated carbocycles. The molecule has 0 unspecified atom stereocenters. The number of rotatable bonds is 8. The lowest BCUT2D eigenvalue weighted by Crippen LogP contribution is -2.11. The smallest absolute Gasteiger partial charge is 0.0546 e. The van der Waals surface area contributed by atoms with Gasteiger partial charge in [-0.05, 0) is 129 Å². The second-order valence-electron chi connectivity index (χ2n) is 17.3. The van der Waals surface area contributed by atoms with Crippen molar-refractivity contribution < 1.29 is 0 Å². The third kappa shape index (κ3) is 6.88. The predicted molar refractivity (Wildman–Crippen MR) is 288 cm³/mol. The minimum absolute atomic E-state index is 1.08. The molecule has 0 amide bonds. The van der Waals surface area contributed by atoms with Crippen LogP contribution in [0.3, 0.4) is 0 Å². The van der Waals surface area contributed by atoms with Gasteiger partial charge in [-0.3, -0.25) is 0 Å². The van der Waals surface area contributed by atoms with E-state index in [1.807, 2.05) is 11.3 Å². The van der Waals surface area contributed by atoms with Crippen LogP contribution in [-0.2, 0) is 0 Å². The SMILES string of the molecule is c1ccc(-c2ccc(-c3ccc4ccccc4c3)cc2N(c2ccc(-c3cccc(-n4c5ccccc5c5ccccc54)c3)cc2)c2ccc(-c3ccc4sc5ccccc5c4c3)cc2)cc1. The Morgan fingerprint density at radius 2 is 0.821 bits per heavy atom. The first-order chi connectivity index (χ1) is 33.2. The van der Waals surface area contributed by atoms with E-state index >= 15 is 0 Å². The van der Waals surface area contributed by atoms with Gasteiger partial charge in [0.05, 0.1) is 16.7 Å². The lowest BCUT2D eigenvalue weighted by Gasteiger charge is -2.29. The lowest BCUT2D eigenvalue weighted by atomic mass is 9.95. The normalized spacial score (nSPS) is 11.6. The summed E-state index contributed by atoms with van der Waals surface area (Å²) in [4.78, 5) is 2.44. The zero-order valence-corrected chi connectivity index (χ0v) is 37.4. The molecule has 0 radical (unpaired) electrons. The monoisotopic (exact) mass is 870 g/mol. The number of thiophene rings is 1. The Morgan fingerprint density at radius 1 is 0.299 bits per heavy atom. The van der Waals surface area contributed by atoms with Crippen molar-refractivity contribution in [1.82, 2.24) is 4.57 Å². The minimum atomic E-state index is 1.08. The summed E-state index contributed by atoms with van der Waals surface area (Å²) in [6, 6.07) is 93.3. The first kappa shape index (κ1) is 38.9. The third-order valence-corrected chi connectivity index (χ3v) is 14.5. The van der Waals surface area contributed by atoms with Crippen molar-refractivity contribution in [1.29, 1.82) is 0 Å². The molecule has 0 saturated heterocycles. The molecule has 0 bridgehead atoms. The summed E-state index contributed by atoms with van der Waals surface area (Å²) in [5, 5.41) is 7.61. The molecule has 0 spiro atoms. The quantitative estimate of drug-likeness (QED) is 0.148. The average molecular weight is 871 g/mol. The molecule has 0 N–H and O–H groups in total. The Balaban J connectivity index is 0.948. The Kier molecular flexibility index (Phi) is 9.40. The van der Waals surface area contributed by atoms with Crippen molar-refractivity contribution in [3.8, 4) is 50.2 Å². The fourth-order valence-electron chi connectivity index (χ4n) is 10.1. The van der Waals surface area contributed by atoms with E-state index < -0.39 is 0 Å². The molecule has 13 rings (SSSR count). The summed E-state index contributed by atoms with van der Waals surface area (Å²) in [5.74, 6) is 0. The van der Waals surface area contributed by atoms with E-state index in [1.54, 1.807) is 0 Å². The largest absolute Gasteiger partial charge is 0.310 e. The maximum absolute atomic E-state index is 2.44. The molecule has 0 aliphatic rings. The van der Waals surface area contributed by atoms with E-state index in [1.165, 1.54) is 80.6 Å². The zero-order valence-electron chi connectivity index (χ0n) is 36.6. The van der Waals surface area contributed by atoms with E-state index in [0.29, 0.717) is 0 Å². The molecule has 314 valence electrons. The highest BCUT2D eigenvalue weighted by atomic mass is 32.1. The molecule has 0 aliphatic carbocycles. The number of benzene rings is 11. The van der Waals surface area contributed by atoms with Crippen molar-refractivity contribution in [2.75, 3.05) is 4.90 Å². The Hall–Kier alpha value is -8.50. The number of nitrogens with zero attached hydrogens (tertiary/aromatic N) is 2. The average Bonchev–Trinajstić information content (AvgIpc) is 3.95. The van der Waals surface area contributed by atoms with Gasteiger partial charge in [0, 0.05) is 53.6 Å². The van der Waals surface area contributed by atoms with Gasteiger partial charge in [0.2, 0.25) is 0 Å². The lowest BCUT2D eigenvalue weighted by molar-refractivity contribution is 1.18. The zero-order chi connectivity index (χ0) is 44.3. The predicted octanol–water partition coefficient (Wildman–Crippen LogP) is 18.4. The fourth-order valence-corrected chi connectivity index (χ4v) is 11.2. The second-order valence-corrected chi connectivity index (χ2v) is 18.4. The van der Waals surface area contributed by atoms with Gasteiger partial charge in [0.1, 0.15) is 0 Å². The van der Waals surface area contributed by atoms with Gasteiger partial charge in [-0.2, -0.15) is 0 Å².